The molecule has 0 bridgehead atoms. The fourth-order valence-electron chi connectivity index (χ4n) is 6.43. The van der Waals surface area contributed by atoms with Gasteiger partial charge in [0.2, 0.25) is 19.5 Å². The third kappa shape index (κ3) is 9.47. The van der Waals surface area contributed by atoms with E-state index in [1.807, 2.05) is 38.1 Å². The molecule has 2 fully saturated rings. The first kappa shape index (κ1) is 43.7. The minimum atomic E-state index is -0.749. The highest BCUT2D eigenvalue weighted by atomic mass is 32.1. The van der Waals surface area contributed by atoms with Gasteiger partial charge in [0.25, 0.3) is 0 Å². The summed E-state index contributed by atoms with van der Waals surface area (Å²) < 4.78 is 31.2. The van der Waals surface area contributed by atoms with Crippen molar-refractivity contribution >= 4 is 56.8 Å². The molecule has 58 heavy (non-hydrogen) atoms. The number of carboxylic acid groups (broad SMARTS) is 1. The Morgan fingerprint density at radius 2 is 1.19 bits per heavy atom. The average Bonchev–Trinajstić information content (AvgIpc) is 3.95. The van der Waals surface area contributed by atoms with Crippen LogP contribution in [0.4, 0.5) is 10.3 Å². The first-order valence-corrected chi connectivity index (χ1v) is 20.6. The molecule has 4 heterocycles. The maximum Gasteiger partial charge on any atom is 0.350 e. The molecule has 4 aliphatic rings. The number of carboxylic acids is 1. The quantitative estimate of drug-likeness (QED) is 0.110. The highest BCUT2D eigenvalue weighted by Gasteiger charge is 2.53. The van der Waals surface area contributed by atoms with Gasteiger partial charge in [0.05, 0.1) is 35.4 Å². The lowest BCUT2D eigenvalue weighted by atomic mass is 9.94. The van der Waals surface area contributed by atoms with E-state index in [0.717, 1.165) is 48.9 Å². The number of aromatic nitrogens is 2. The Hall–Kier alpha value is -5.42. The lowest BCUT2D eigenvalue weighted by molar-refractivity contribution is -0.140. The number of hydrogen-bond acceptors (Lipinski definition) is 15. The molecule has 2 aromatic heterocycles. The fraction of sp³-hybridized carbons (Fsp3) is 0.463. The normalized spacial score (nSPS) is 15.3. The van der Waals surface area contributed by atoms with Gasteiger partial charge in [-0.15, -0.1) is 0 Å². The topological polar surface area (TPSA) is 208 Å². The summed E-state index contributed by atoms with van der Waals surface area (Å²) in [6, 6.07) is 11.0. The van der Waals surface area contributed by atoms with Crippen LogP contribution in [-0.2, 0) is 42.7 Å². The van der Waals surface area contributed by atoms with Crippen molar-refractivity contribution in [2.75, 3.05) is 37.9 Å². The van der Waals surface area contributed by atoms with Crippen LogP contribution in [0.3, 0.4) is 0 Å². The van der Waals surface area contributed by atoms with E-state index in [1.165, 1.54) is 22.7 Å². The Balaban J connectivity index is 0.000000181. The standard InChI is InChI=1S/C20H22N2O5S.C11H10O4.C9H14N2O2S.CH4/c1-3-5-13-16(17(23)25-4-2)28-19(21-13)22-18(24)20(8-9-20)12-6-7-14-15(10-12)27-11-26-14;12-10(13)11(3-4-11)7-1-2-8-9(5-7)15-6-14-8;1-3-5-6-7(8(12)13-4-2)14-9(10)11-6;/h6-7,10H,3-5,8-9,11H2,1-2H3,(H,21,22,24);1-2,5H,3-4,6H2,(H,12,13);3-5H2,1-2H3,(H2,10,11);1H4. The number of rotatable bonds is 13. The zero-order valence-corrected chi connectivity index (χ0v) is 33.9. The summed E-state index contributed by atoms with van der Waals surface area (Å²) >= 11 is 2.37. The van der Waals surface area contributed by atoms with Gasteiger partial charge in [-0.3, -0.25) is 9.59 Å². The van der Waals surface area contributed by atoms with E-state index in [1.54, 1.807) is 26.0 Å². The van der Waals surface area contributed by atoms with Gasteiger partial charge >= 0.3 is 17.9 Å². The van der Waals surface area contributed by atoms with Crippen molar-refractivity contribution in [2.45, 2.75) is 97.3 Å². The number of carbonyl (C=O) groups excluding carboxylic acids is 3. The van der Waals surface area contributed by atoms with Gasteiger partial charge in [-0.1, -0.05) is 68.9 Å². The largest absolute Gasteiger partial charge is 0.481 e. The Bertz CT molecular complexity index is 2120. The van der Waals surface area contributed by atoms with E-state index in [9.17, 15) is 19.2 Å². The number of fused-ring (bicyclic) bond motifs is 2. The fourth-order valence-corrected chi connectivity index (χ4v) is 8.10. The van der Waals surface area contributed by atoms with Crippen LogP contribution in [0.15, 0.2) is 36.4 Å². The molecule has 2 aliphatic carbocycles. The molecule has 0 spiro atoms. The van der Waals surface area contributed by atoms with Crippen LogP contribution >= 0.6 is 22.7 Å². The third-order valence-electron chi connectivity index (χ3n) is 9.72. The molecular weight excluding hydrogens is 789 g/mol. The summed E-state index contributed by atoms with van der Waals surface area (Å²) in [5.41, 5.74) is 7.46. The van der Waals surface area contributed by atoms with Crippen molar-refractivity contribution < 1.29 is 52.7 Å². The van der Waals surface area contributed by atoms with Crippen LogP contribution < -0.4 is 30.0 Å². The zero-order valence-electron chi connectivity index (χ0n) is 32.3. The summed E-state index contributed by atoms with van der Waals surface area (Å²) in [4.78, 5) is 57.4. The number of thiazole rings is 2. The lowest BCUT2D eigenvalue weighted by Gasteiger charge is -2.15. The number of nitrogens with zero attached hydrogens (tertiary/aromatic N) is 2. The van der Waals surface area contributed by atoms with Crippen LogP contribution in [0.1, 0.15) is 116 Å². The number of amides is 1. The number of nitrogen functional groups attached to an aromatic ring is 1. The molecule has 312 valence electrons. The predicted octanol–water partition coefficient (Wildman–Crippen LogP) is 7.69. The van der Waals surface area contributed by atoms with E-state index in [2.05, 4.69) is 15.3 Å². The Labute approximate surface area is 345 Å². The van der Waals surface area contributed by atoms with Crippen LogP contribution in [0.25, 0.3) is 0 Å². The molecule has 0 unspecified atom stereocenters. The van der Waals surface area contributed by atoms with Crippen molar-refractivity contribution in [3.05, 3.63) is 68.7 Å². The molecule has 0 atom stereocenters. The van der Waals surface area contributed by atoms with Crippen molar-refractivity contribution in [3.8, 4) is 23.0 Å². The number of anilines is 2. The maximum atomic E-state index is 13.0. The molecule has 2 saturated carbocycles. The minimum Gasteiger partial charge on any atom is -0.481 e. The predicted molar refractivity (Wildman–Crippen MR) is 218 cm³/mol. The van der Waals surface area contributed by atoms with Crippen molar-refractivity contribution in [2.24, 2.45) is 0 Å². The van der Waals surface area contributed by atoms with E-state index in [-0.39, 0.29) is 38.9 Å². The first-order chi connectivity index (χ1) is 27.5. The molecule has 4 N–H and O–H groups in total. The smallest absolute Gasteiger partial charge is 0.350 e. The van der Waals surface area contributed by atoms with Crippen LogP contribution in [0.5, 0.6) is 23.0 Å². The molecule has 17 heteroatoms. The highest BCUT2D eigenvalue weighted by molar-refractivity contribution is 7.18. The number of nitrogens with one attached hydrogen (secondary N) is 1. The van der Waals surface area contributed by atoms with Crippen LogP contribution in [0.2, 0.25) is 0 Å². The molecule has 1 amide bonds. The van der Waals surface area contributed by atoms with Crippen molar-refractivity contribution in [1.29, 1.82) is 0 Å². The highest BCUT2D eigenvalue weighted by Crippen LogP contribution is 2.52. The number of aryl methyl sites for hydroxylation is 2. The number of benzene rings is 2. The molecule has 4 aromatic rings. The molecule has 2 aromatic carbocycles. The number of nitrogens with two attached hydrogens (primary N) is 1. The van der Waals surface area contributed by atoms with Gasteiger partial charge in [0.1, 0.15) is 9.75 Å². The average molecular weight is 839 g/mol. The SMILES string of the molecule is C.CCCc1nc(N)sc1C(=O)OCC.CCCc1nc(NC(=O)C2(c3ccc4c(c3)OCO4)CC2)sc1C(=O)OCC.O=C(O)C1(c2ccc3c(c2)OCO3)CC1. The van der Waals surface area contributed by atoms with Crippen molar-refractivity contribution in [3.63, 3.8) is 0 Å². The Morgan fingerprint density at radius 1 is 0.724 bits per heavy atom. The van der Waals surface area contributed by atoms with Gasteiger partial charge in [0.15, 0.2) is 33.3 Å². The maximum absolute atomic E-state index is 13.0. The Morgan fingerprint density at radius 3 is 1.66 bits per heavy atom. The molecule has 15 nitrogen and oxygen atoms in total. The minimum absolute atomic E-state index is 0. The number of hydrogen-bond donors (Lipinski definition) is 3. The first-order valence-electron chi connectivity index (χ1n) is 18.9. The summed E-state index contributed by atoms with van der Waals surface area (Å²) in [6.45, 7) is 8.70. The second-order valence-corrected chi connectivity index (χ2v) is 15.7. The summed E-state index contributed by atoms with van der Waals surface area (Å²) in [5.74, 6) is 1.15. The second kappa shape index (κ2) is 18.9. The zero-order chi connectivity index (χ0) is 40.7. The van der Waals surface area contributed by atoms with E-state index in [0.29, 0.717) is 81.2 Å². The molecular formula is C41H50N4O11S2. The Kier molecular flexibility index (Phi) is 14.2. The second-order valence-electron chi connectivity index (χ2n) is 13.6. The van der Waals surface area contributed by atoms with Gasteiger partial charge in [-0.25, -0.2) is 19.6 Å². The molecule has 0 saturated heterocycles. The number of ether oxygens (including phenoxy) is 6. The van der Waals surface area contributed by atoms with Crippen LogP contribution in [0, 0.1) is 0 Å². The molecule has 8 rings (SSSR count). The van der Waals surface area contributed by atoms with Gasteiger partial charge in [-0.05, 0) is 87.8 Å². The molecule has 0 radical (unpaired) electrons. The molecule has 2 aliphatic heterocycles. The monoisotopic (exact) mass is 838 g/mol. The summed E-state index contributed by atoms with van der Waals surface area (Å²) in [7, 11) is 0. The third-order valence-corrected chi connectivity index (χ3v) is 11.6. The van der Waals surface area contributed by atoms with E-state index in [4.69, 9.17) is 39.3 Å². The van der Waals surface area contributed by atoms with Crippen molar-refractivity contribution in [1.82, 2.24) is 9.97 Å². The summed E-state index contributed by atoms with van der Waals surface area (Å²) in [5, 5.41) is 12.9. The van der Waals surface area contributed by atoms with Gasteiger partial charge < -0.3 is 44.6 Å². The lowest BCUT2D eigenvalue weighted by Crippen LogP contribution is -2.27. The van der Waals surface area contributed by atoms with Crippen LogP contribution in [-0.4, -0.2) is 65.7 Å². The van der Waals surface area contributed by atoms with Gasteiger partial charge in [0, 0.05) is 0 Å². The summed E-state index contributed by atoms with van der Waals surface area (Å²) in [6.07, 6.45) is 6.16. The number of carbonyl (C=O) groups is 4. The van der Waals surface area contributed by atoms with E-state index >= 15 is 0 Å². The van der Waals surface area contributed by atoms with Gasteiger partial charge in [-0.2, -0.15) is 0 Å². The number of aliphatic carboxylic acids is 1. The number of esters is 2. The van der Waals surface area contributed by atoms with E-state index < -0.39 is 16.8 Å².